The lowest BCUT2D eigenvalue weighted by Crippen LogP contribution is -2.26. The number of rotatable bonds is 7. The Hall–Kier alpha value is -2.85. The fourth-order valence-corrected chi connectivity index (χ4v) is 2.65. The molecule has 26 heavy (non-hydrogen) atoms. The number of halogens is 1. The smallest absolute Gasteiger partial charge is 0.269 e. The van der Waals surface area contributed by atoms with Crippen molar-refractivity contribution in [2.45, 2.75) is 13.0 Å². The molecule has 0 bridgehead atoms. The maximum atomic E-state index is 12.3. The molecule has 0 aliphatic carbocycles. The van der Waals surface area contributed by atoms with Crippen LogP contribution in [0.4, 0.5) is 5.69 Å². The molecule has 3 aromatic rings. The van der Waals surface area contributed by atoms with Gasteiger partial charge in [0.25, 0.3) is 5.91 Å². The molecular weight excluding hydrogens is 346 g/mol. The van der Waals surface area contributed by atoms with Crippen LogP contribution in [0, 0.1) is 0 Å². The molecule has 0 saturated carbocycles. The molecule has 2 aromatic carbocycles. The summed E-state index contributed by atoms with van der Waals surface area (Å²) in [6, 6.07) is 21.3. The van der Waals surface area contributed by atoms with Gasteiger partial charge in [0.2, 0.25) is 0 Å². The topological polar surface area (TPSA) is 54.0 Å². The molecule has 0 atom stereocenters. The zero-order valence-electron chi connectivity index (χ0n) is 14.3. The molecule has 0 fully saturated rings. The third-order valence-corrected chi connectivity index (χ3v) is 4.20. The molecule has 0 aliphatic rings. The standard InChI is InChI=1S/C21H20ClN3O/c22-18-8-6-17(7-9-18)15-25-19-11-13-23-20(14-19)21(26)24-12-10-16-4-2-1-3-5-16/h1-9,11,13-14H,10,12,15H2,(H,23,25)(H,24,26). The van der Waals surface area contributed by atoms with Crippen LogP contribution in [0.5, 0.6) is 0 Å². The number of nitrogens with one attached hydrogen (secondary N) is 2. The van der Waals surface area contributed by atoms with Crippen LogP contribution >= 0.6 is 11.6 Å². The number of carbonyl (C=O) groups excluding carboxylic acids is 1. The highest BCUT2D eigenvalue weighted by Crippen LogP contribution is 2.13. The van der Waals surface area contributed by atoms with Gasteiger partial charge in [-0.15, -0.1) is 0 Å². The van der Waals surface area contributed by atoms with Gasteiger partial charge in [-0.1, -0.05) is 54.1 Å². The lowest BCUT2D eigenvalue weighted by atomic mass is 10.1. The van der Waals surface area contributed by atoms with Crippen LogP contribution in [0.15, 0.2) is 72.9 Å². The number of nitrogens with zero attached hydrogens (tertiary/aromatic N) is 1. The molecule has 0 aliphatic heterocycles. The van der Waals surface area contributed by atoms with Gasteiger partial charge in [0.1, 0.15) is 5.69 Å². The van der Waals surface area contributed by atoms with Crippen LogP contribution in [0.1, 0.15) is 21.6 Å². The SMILES string of the molecule is O=C(NCCc1ccccc1)c1cc(NCc2ccc(Cl)cc2)ccn1. The van der Waals surface area contributed by atoms with Gasteiger partial charge in [-0.05, 0) is 41.8 Å². The Morgan fingerprint density at radius 1 is 0.962 bits per heavy atom. The molecule has 0 saturated heterocycles. The summed E-state index contributed by atoms with van der Waals surface area (Å²) < 4.78 is 0. The van der Waals surface area contributed by atoms with E-state index in [2.05, 4.69) is 15.6 Å². The lowest BCUT2D eigenvalue weighted by molar-refractivity contribution is 0.0949. The largest absolute Gasteiger partial charge is 0.381 e. The second-order valence-corrected chi connectivity index (χ2v) is 6.34. The summed E-state index contributed by atoms with van der Waals surface area (Å²) in [6.07, 6.45) is 2.43. The van der Waals surface area contributed by atoms with Crippen molar-refractivity contribution in [3.05, 3.63) is 94.8 Å². The van der Waals surface area contributed by atoms with Crippen LogP contribution in [0.25, 0.3) is 0 Å². The summed E-state index contributed by atoms with van der Waals surface area (Å²) in [6.45, 7) is 1.23. The first kappa shape index (κ1) is 18.0. The second-order valence-electron chi connectivity index (χ2n) is 5.90. The zero-order valence-corrected chi connectivity index (χ0v) is 15.0. The number of hydrogen-bond donors (Lipinski definition) is 2. The number of hydrogen-bond acceptors (Lipinski definition) is 3. The van der Waals surface area contributed by atoms with E-state index in [1.807, 2.05) is 60.7 Å². The highest BCUT2D eigenvalue weighted by Gasteiger charge is 2.07. The minimum absolute atomic E-state index is 0.170. The Balaban J connectivity index is 1.52. The maximum Gasteiger partial charge on any atom is 0.269 e. The molecule has 4 nitrogen and oxygen atoms in total. The Morgan fingerprint density at radius 3 is 2.50 bits per heavy atom. The Bertz CT molecular complexity index is 851. The molecule has 1 heterocycles. The minimum Gasteiger partial charge on any atom is -0.381 e. The van der Waals surface area contributed by atoms with Gasteiger partial charge in [-0.3, -0.25) is 9.78 Å². The summed E-state index contributed by atoms with van der Waals surface area (Å²) in [5.41, 5.74) is 3.56. The van der Waals surface area contributed by atoms with Crippen LogP contribution in [0.3, 0.4) is 0 Å². The van der Waals surface area contributed by atoms with E-state index in [0.29, 0.717) is 23.8 Å². The third-order valence-electron chi connectivity index (χ3n) is 3.94. The number of aromatic nitrogens is 1. The molecule has 1 amide bonds. The molecule has 2 N–H and O–H groups in total. The summed E-state index contributed by atoms with van der Waals surface area (Å²) in [4.78, 5) is 16.4. The first-order chi connectivity index (χ1) is 12.7. The molecule has 3 rings (SSSR count). The van der Waals surface area contributed by atoms with E-state index >= 15 is 0 Å². The van der Waals surface area contributed by atoms with Crippen LogP contribution in [-0.2, 0) is 13.0 Å². The van der Waals surface area contributed by atoms with Crippen LogP contribution in [-0.4, -0.2) is 17.4 Å². The monoisotopic (exact) mass is 365 g/mol. The third kappa shape index (κ3) is 5.33. The summed E-state index contributed by atoms with van der Waals surface area (Å²) in [5.74, 6) is -0.170. The van der Waals surface area contributed by atoms with Crippen molar-refractivity contribution < 1.29 is 4.79 Å². The van der Waals surface area contributed by atoms with Crippen molar-refractivity contribution in [2.75, 3.05) is 11.9 Å². The Labute approximate surface area is 158 Å². The van der Waals surface area contributed by atoms with Crippen molar-refractivity contribution in [3.63, 3.8) is 0 Å². The summed E-state index contributed by atoms with van der Waals surface area (Å²) in [5, 5.41) is 6.92. The maximum absolute atomic E-state index is 12.3. The molecule has 5 heteroatoms. The predicted octanol–water partition coefficient (Wildman–Crippen LogP) is 4.32. The van der Waals surface area contributed by atoms with Gasteiger partial charge in [-0.25, -0.2) is 0 Å². The van der Waals surface area contributed by atoms with Crippen molar-refractivity contribution in [1.82, 2.24) is 10.3 Å². The van der Waals surface area contributed by atoms with E-state index in [1.54, 1.807) is 12.3 Å². The summed E-state index contributed by atoms with van der Waals surface area (Å²) >= 11 is 5.89. The van der Waals surface area contributed by atoms with Crippen LogP contribution < -0.4 is 10.6 Å². The minimum atomic E-state index is -0.170. The number of carbonyl (C=O) groups is 1. The quantitative estimate of drug-likeness (QED) is 0.655. The summed E-state index contributed by atoms with van der Waals surface area (Å²) in [7, 11) is 0. The van der Waals surface area contributed by atoms with Gasteiger partial charge < -0.3 is 10.6 Å². The van der Waals surface area contributed by atoms with Crippen molar-refractivity contribution in [1.29, 1.82) is 0 Å². The van der Waals surface area contributed by atoms with E-state index in [0.717, 1.165) is 17.7 Å². The van der Waals surface area contributed by atoms with Gasteiger partial charge in [0.15, 0.2) is 0 Å². The van der Waals surface area contributed by atoms with Crippen molar-refractivity contribution in [2.24, 2.45) is 0 Å². The van der Waals surface area contributed by atoms with E-state index in [4.69, 9.17) is 11.6 Å². The number of pyridine rings is 1. The average molecular weight is 366 g/mol. The lowest BCUT2D eigenvalue weighted by Gasteiger charge is -2.09. The number of amides is 1. The molecule has 0 radical (unpaired) electrons. The van der Waals surface area contributed by atoms with Gasteiger partial charge in [-0.2, -0.15) is 0 Å². The fraction of sp³-hybridized carbons (Fsp3) is 0.143. The number of benzene rings is 2. The first-order valence-corrected chi connectivity index (χ1v) is 8.85. The van der Waals surface area contributed by atoms with Gasteiger partial charge in [0.05, 0.1) is 0 Å². The van der Waals surface area contributed by atoms with Crippen LogP contribution in [0.2, 0.25) is 5.02 Å². The van der Waals surface area contributed by atoms with E-state index < -0.39 is 0 Å². The van der Waals surface area contributed by atoms with Crippen molar-refractivity contribution >= 4 is 23.2 Å². The molecule has 1 aromatic heterocycles. The Morgan fingerprint density at radius 2 is 1.73 bits per heavy atom. The normalized spacial score (nSPS) is 10.3. The fourth-order valence-electron chi connectivity index (χ4n) is 2.53. The second kappa shape index (κ2) is 9.02. The highest BCUT2D eigenvalue weighted by molar-refractivity contribution is 6.30. The number of anilines is 1. The predicted molar refractivity (Wildman–Crippen MR) is 105 cm³/mol. The highest BCUT2D eigenvalue weighted by atomic mass is 35.5. The molecule has 0 spiro atoms. The zero-order chi connectivity index (χ0) is 18.2. The van der Waals surface area contributed by atoms with E-state index in [9.17, 15) is 4.79 Å². The van der Waals surface area contributed by atoms with Gasteiger partial charge in [0, 0.05) is 30.0 Å². The molecular formula is C21H20ClN3O. The molecule has 0 unspecified atom stereocenters. The van der Waals surface area contributed by atoms with Crippen molar-refractivity contribution in [3.8, 4) is 0 Å². The van der Waals surface area contributed by atoms with E-state index in [1.165, 1.54) is 5.56 Å². The average Bonchev–Trinajstić information content (AvgIpc) is 2.68. The van der Waals surface area contributed by atoms with E-state index in [-0.39, 0.29) is 5.91 Å². The Kier molecular flexibility index (Phi) is 6.23. The first-order valence-electron chi connectivity index (χ1n) is 8.47. The molecule has 132 valence electrons. The van der Waals surface area contributed by atoms with Gasteiger partial charge >= 0.3 is 0 Å².